The third-order valence-corrected chi connectivity index (χ3v) is 13.8. The van der Waals surface area contributed by atoms with Gasteiger partial charge in [0.15, 0.2) is 23.0 Å². The fraction of sp³-hybridized carbons (Fsp3) is 0.0345. The lowest BCUT2D eigenvalue weighted by atomic mass is 9.73. The molecule has 4 aliphatic rings. The van der Waals surface area contributed by atoms with E-state index in [-0.39, 0.29) is 0 Å². The quantitative estimate of drug-likeness (QED) is 0.163. The Bertz CT molecular complexity index is 3530. The second-order valence-corrected chi connectivity index (χ2v) is 17.0. The zero-order valence-corrected chi connectivity index (χ0v) is 33.8. The molecule has 0 fully saturated rings. The monoisotopic (exact) mass is 792 g/mol. The van der Waals surface area contributed by atoms with Gasteiger partial charge in [0.2, 0.25) is 0 Å². The molecule has 0 spiro atoms. The molecule has 14 rings (SSSR count). The van der Waals surface area contributed by atoms with Crippen LogP contribution in [0.15, 0.2) is 200 Å². The molecule has 1 aliphatic carbocycles. The molecule has 290 valence electrons. The Morgan fingerprint density at radius 2 is 0.871 bits per heavy atom. The van der Waals surface area contributed by atoms with Crippen molar-refractivity contribution in [2.75, 3.05) is 9.80 Å². The van der Waals surface area contributed by atoms with Gasteiger partial charge in [-0.25, -0.2) is 0 Å². The summed E-state index contributed by atoms with van der Waals surface area (Å²) >= 11 is 0. The van der Waals surface area contributed by atoms with Crippen LogP contribution < -0.4 is 19.3 Å². The van der Waals surface area contributed by atoms with Crippen LogP contribution in [0.1, 0.15) is 23.6 Å². The van der Waals surface area contributed by atoms with Gasteiger partial charge in [-0.2, -0.15) is 0 Å². The van der Waals surface area contributed by atoms with Crippen LogP contribution in [0.2, 0.25) is 0 Å². The van der Waals surface area contributed by atoms with E-state index in [0.29, 0.717) is 0 Å². The first-order valence-electron chi connectivity index (χ1n) is 21.3. The molecular weight excluding hydrogens is 757 g/mol. The van der Waals surface area contributed by atoms with E-state index < -0.39 is 5.41 Å². The summed E-state index contributed by atoms with van der Waals surface area (Å²) in [5, 5.41) is 4.78. The number of fused-ring (bicyclic) bond motifs is 15. The fourth-order valence-electron chi connectivity index (χ4n) is 11.0. The van der Waals surface area contributed by atoms with Crippen molar-refractivity contribution in [3.05, 3.63) is 217 Å². The summed E-state index contributed by atoms with van der Waals surface area (Å²) in [5.74, 6) is 3.36. The smallest absolute Gasteiger partial charge is 0.151 e. The molecular formula is C58H36N2O2. The second kappa shape index (κ2) is 12.2. The average molecular weight is 793 g/mol. The highest BCUT2D eigenvalue weighted by atomic mass is 16.5. The third kappa shape index (κ3) is 4.45. The Labute approximate surface area is 359 Å². The molecule has 0 saturated heterocycles. The molecule has 3 aliphatic heterocycles. The molecule has 0 saturated carbocycles. The van der Waals surface area contributed by atoms with Crippen molar-refractivity contribution < 1.29 is 9.47 Å². The third-order valence-electron chi connectivity index (χ3n) is 13.8. The van der Waals surface area contributed by atoms with Crippen LogP contribution in [0.25, 0.3) is 54.9 Å². The van der Waals surface area contributed by atoms with Gasteiger partial charge in [0.25, 0.3) is 0 Å². The minimum Gasteiger partial charge on any atom is -0.453 e. The van der Waals surface area contributed by atoms with Gasteiger partial charge in [0.05, 0.1) is 22.7 Å². The van der Waals surface area contributed by atoms with E-state index in [1.54, 1.807) is 0 Å². The van der Waals surface area contributed by atoms with Gasteiger partial charge < -0.3 is 19.3 Å². The number of nitrogens with zero attached hydrogens (tertiary/aromatic N) is 2. The van der Waals surface area contributed by atoms with Crippen LogP contribution in [-0.4, -0.2) is 0 Å². The number of anilines is 6. The minimum absolute atomic E-state index is 0.421. The summed E-state index contributed by atoms with van der Waals surface area (Å²) in [4.78, 5) is 4.76. The molecule has 0 radical (unpaired) electrons. The van der Waals surface area contributed by atoms with Gasteiger partial charge in [0, 0.05) is 16.8 Å². The molecule has 6 bridgehead atoms. The van der Waals surface area contributed by atoms with Gasteiger partial charge in [-0.15, -0.1) is 0 Å². The molecule has 0 amide bonds. The molecule has 3 heterocycles. The summed E-state index contributed by atoms with van der Waals surface area (Å²) in [7, 11) is 0. The Balaban J connectivity index is 1.13. The maximum Gasteiger partial charge on any atom is 0.151 e. The van der Waals surface area contributed by atoms with Crippen molar-refractivity contribution in [3.63, 3.8) is 0 Å². The first kappa shape index (κ1) is 33.7. The number of hydrogen-bond acceptors (Lipinski definition) is 4. The Kier molecular flexibility index (Phi) is 6.66. The largest absolute Gasteiger partial charge is 0.453 e. The van der Waals surface area contributed by atoms with E-state index in [4.69, 9.17) is 9.47 Å². The van der Waals surface area contributed by atoms with Gasteiger partial charge in [-0.05, 0) is 157 Å². The zero-order valence-electron chi connectivity index (χ0n) is 33.8. The highest BCUT2D eigenvalue weighted by Gasteiger charge is 2.42. The topological polar surface area (TPSA) is 24.9 Å². The van der Waals surface area contributed by atoms with E-state index in [0.717, 1.165) is 57.1 Å². The van der Waals surface area contributed by atoms with Gasteiger partial charge >= 0.3 is 0 Å². The van der Waals surface area contributed by atoms with Crippen LogP contribution in [0.3, 0.4) is 0 Å². The molecule has 1 atom stereocenters. The maximum absolute atomic E-state index is 6.70. The summed E-state index contributed by atoms with van der Waals surface area (Å²) < 4.78 is 13.2. The number of para-hydroxylation sites is 6. The van der Waals surface area contributed by atoms with Crippen molar-refractivity contribution in [2.24, 2.45) is 0 Å². The lowest BCUT2D eigenvalue weighted by molar-refractivity contribution is 0.476. The van der Waals surface area contributed by atoms with Gasteiger partial charge in [-0.1, -0.05) is 121 Å². The first-order valence-corrected chi connectivity index (χ1v) is 21.3. The molecule has 4 heteroatoms. The van der Waals surface area contributed by atoms with Gasteiger partial charge in [0.1, 0.15) is 0 Å². The molecule has 0 aromatic heterocycles. The van der Waals surface area contributed by atoms with Crippen molar-refractivity contribution in [1.29, 1.82) is 0 Å². The molecule has 10 aromatic rings. The van der Waals surface area contributed by atoms with E-state index in [2.05, 4.69) is 205 Å². The average Bonchev–Trinajstić information content (AvgIpc) is 3.58. The Morgan fingerprint density at radius 1 is 0.355 bits per heavy atom. The lowest BCUT2D eigenvalue weighted by Gasteiger charge is -2.36. The van der Waals surface area contributed by atoms with Crippen molar-refractivity contribution in [3.8, 4) is 56.4 Å². The maximum atomic E-state index is 6.70. The summed E-state index contributed by atoms with van der Waals surface area (Å²) in [6.07, 6.45) is 0. The van der Waals surface area contributed by atoms with Crippen LogP contribution in [0.5, 0.6) is 23.0 Å². The highest BCUT2D eigenvalue weighted by molar-refractivity contribution is 6.23. The Hall–Kier alpha value is -8.08. The van der Waals surface area contributed by atoms with Crippen molar-refractivity contribution >= 4 is 55.7 Å². The number of benzene rings is 10. The Morgan fingerprint density at radius 3 is 1.52 bits per heavy atom. The lowest BCUT2D eigenvalue weighted by Crippen LogP contribution is -2.24. The number of ether oxygens (including phenoxy) is 2. The minimum atomic E-state index is -0.421. The molecule has 0 N–H and O–H groups in total. The number of hydrogen-bond donors (Lipinski definition) is 0. The molecule has 10 aromatic carbocycles. The molecule has 1 unspecified atom stereocenters. The van der Waals surface area contributed by atoms with E-state index in [1.165, 1.54) is 71.6 Å². The number of rotatable bonds is 2. The summed E-state index contributed by atoms with van der Waals surface area (Å²) in [5.41, 5.74) is 17.0. The van der Waals surface area contributed by atoms with Crippen molar-refractivity contribution in [2.45, 2.75) is 12.3 Å². The fourth-order valence-corrected chi connectivity index (χ4v) is 11.0. The summed E-state index contributed by atoms with van der Waals surface area (Å²) in [6.45, 7) is 2.41. The molecule has 62 heavy (non-hydrogen) atoms. The van der Waals surface area contributed by atoms with E-state index in [1.807, 2.05) is 12.1 Å². The predicted molar refractivity (Wildman–Crippen MR) is 253 cm³/mol. The van der Waals surface area contributed by atoms with Crippen molar-refractivity contribution in [1.82, 2.24) is 0 Å². The zero-order chi connectivity index (χ0) is 40.7. The van der Waals surface area contributed by atoms with Crippen LogP contribution in [-0.2, 0) is 5.41 Å². The van der Waals surface area contributed by atoms with Gasteiger partial charge in [-0.3, -0.25) is 0 Å². The first-order chi connectivity index (χ1) is 30.6. The van der Waals surface area contributed by atoms with Crippen LogP contribution >= 0.6 is 0 Å². The second-order valence-electron chi connectivity index (χ2n) is 17.0. The van der Waals surface area contributed by atoms with Crippen LogP contribution in [0.4, 0.5) is 34.1 Å². The normalized spacial score (nSPS) is 15.8. The summed E-state index contributed by atoms with van der Waals surface area (Å²) in [6, 6.07) is 73.1. The van der Waals surface area contributed by atoms with E-state index >= 15 is 0 Å². The standard InChI is InChI=1S/C58H36N2O2/c1-58-37-24-30-55-51(32-37)60(50-19-9-12-22-54(50)62-55)39-26-28-42-45(34-39)57(36-23-27-41(47(58)31-36)40-15-5-6-16-46(40)58)43-29-25-38(33-44(43)56(42)35-13-3-2-4-14-35)59-48-17-7-10-20-52(48)61-53-21-11-8-18-49(53)59/h2-34H,1H3. The van der Waals surface area contributed by atoms with Crippen LogP contribution in [0, 0.1) is 0 Å². The molecule has 4 nitrogen and oxygen atoms in total. The predicted octanol–water partition coefficient (Wildman–Crippen LogP) is 16.1. The highest BCUT2D eigenvalue weighted by Crippen LogP contribution is 2.59. The SMILES string of the molecule is CC12c3ccc4c(c3)N(c3ccc5c(-c6ccccc6)c6cc(N7c8ccccc8Oc8ccccc87)ccc6c(c5c3)-c3ccc(c1c3)-c1ccccc12)c1ccccc1O4. The van der Waals surface area contributed by atoms with E-state index in [9.17, 15) is 0 Å².